The average Bonchev–Trinajstić information content (AvgIpc) is 2.91. The SMILES string of the molecule is CCC(C)(C)c1ccc(OCCCNC(=O)NNc2cc(C#N)c(C#N)cc2CC(C)C)c(C(C)(C)CC)c1. The van der Waals surface area contributed by atoms with E-state index in [2.05, 4.69) is 95.8 Å². The molecule has 0 aliphatic rings. The van der Waals surface area contributed by atoms with E-state index in [4.69, 9.17) is 4.74 Å². The molecule has 39 heavy (non-hydrogen) atoms. The largest absolute Gasteiger partial charge is 0.493 e. The third-order valence-corrected chi connectivity index (χ3v) is 7.55. The van der Waals surface area contributed by atoms with E-state index < -0.39 is 0 Å². The molecular weight excluding hydrogens is 486 g/mol. The summed E-state index contributed by atoms with van der Waals surface area (Å²) in [6, 6.07) is 13.6. The molecule has 3 N–H and O–H groups in total. The average molecular weight is 532 g/mol. The molecule has 7 nitrogen and oxygen atoms in total. The summed E-state index contributed by atoms with van der Waals surface area (Å²) in [7, 11) is 0. The van der Waals surface area contributed by atoms with E-state index in [-0.39, 0.29) is 22.4 Å². The number of benzene rings is 2. The standard InChI is InChI=1S/C32H45N5O2/c1-9-31(5,6)26-12-13-29(27(19-26)32(7,8)10-2)39-15-11-14-35-30(38)37-36-28-18-25(21-34)24(20-33)17-23(28)16-22(3)4/h12-13,17-19,22,36H,9-11,14-16H2,1-8H3,(H2,35,37,38). The first-order valence-corrected chi connectivity index (χ1v) is 13.9. The summed E-state index contributed by atoms with van der Waals surface area (Å²) in [6.45, 7) is 18.5. The number of nitrogens with one attached hydrogen (secondary N) is 3. The number of carbonyl (C=O) groups is 1. The topological polar surface area (TPSA) is 110 Å². The van der Waals surface area contributed by atoms with Crippen LogP contribution < -0.4 is 20.9 Å². The fourth-order valence-corrected chi connectivity index (χ4v) is 4.18. The van der Waals surface area contributed by atoms with Crippen LogP contribution in [0.25, 0.3) is 0 Å². The minimum Gasteiger partial charge on any atom is -0.493 e. The van der Waals surface area contributed by atoms with Crippen molar-refractivity contribution in [2.24, 2.45) is 5.92 Å². The summed E-state index contributed by atoms with van der Waals surface area (Å²) >= 11 is 0. The van der Waals surface area contributed by atoms with Gasteiger partial charge in [0.15, 0.2) is 0 Å². The van der Waals surface area contributed by atoms with Crippen LogP contribution in [0.2, 0.25) is 0 Å². The Morgan fingerprint density at radius 1 is 0.974 bits per heavy atom. The van der Waals surface area contributed by atoms with Crippen molar-refractivity contribution in [2.45, 2.75) is 91.9 Å². The van der Waals surface area contributed by atoms with Gasteiger partial charge in [-0.25, -0.2) is 4.79 Å². The summed E-state index contributed by atoms with van der Waals surface area (Å²) < 4.78 is 6.19. The molecule has 7 heteroatoms. The van der Waals surface area contributed by atoms with Crippen LogP contribution in [0, 0.1) is 28.6 Å². The molecule has 2 rings (SSSR count). The van der Waals surface area contributed by atoms with Crippen molar-refractivity contribution in [1.82, 2.24) is 10.7 Å². The predicted molar refractivity (Wildman–Crippen MR) is 158 cm³/mol. The molecule has 0 unspecified atom stereocenters. The van der Waals surface area contributed by atoms with Gasteiger partial charge in [-0.3, -0.25) is 10.9 Å². The maximum absolute atomic E-state index is 12.4. The van der Waals surface area contributed by atoms with Crippen molar-refractivity contribution in [1.29, 1.82) is 10.5 Å². The van der Waals surface area contributed by atoms with Crippen molar-refractivity contribution < 1.29 is 9.53 Å². The molecule has 0 saturated carbocycles. The molecule has 0 fully saturated rings. The number of nitrogens with zero attached hydrogens (tertiary/aromatic N) is 2. The summed E-state index contributed by atoms with van der Waals surface area (Å²) in [5, 5.41) is 21.5. The first kappa shape index (κ1) is 31.5. The smallest absolute Gasteiger partial charge is 0.333 e. The maximum Gasteiger partial charge on any atom is 0.333 e. The number of hydrogen-bond donors (Lipinski definition) is 3. The highest BCUT2D eigenvalue weighted by Crippen LogP contribution is 2.38. The number of urea groups is 1. The van der Waals surface area contributed by atoms with E-state index >= 15 is 0 Å². The quantitative estimate of drug-likeness (QED) is 0.189. The molecule has 2 amide bonds. The first-order valence-electron chi connectivity index (χ1n) is 13.9. The third kappa shape index (κ3) is 8.65. The van der Waals surface area contributed by atoms with E-state index in [0.717, 1.165) is 24.2 Å². The number of ether oxygens (including phenoxy) is 1. The van der Waals surface area contributed by atoms with E-state index in [0.29, 0.717) is 43.2 Å². The number of rotatable bonds is 13. The van der Waals surface area contributed by atoms with Crippen LogP contribution >= 0.6 is 0 Å². The molecule has 2 aromatic carbocycles. The van der Waals surface area contributed by atoms with Gasteiger partial charge in [0.25, 0.3) is 0 Å². The highest BCUT2D eigenvalue weighted by Gasteiger charge is 2.26. The molecule has 0 aliphatic heterocycles. The van der Waals surface area contributed by atoms with E-state index in [9.17, 15) is 15.3 Å². The zero-order chi connectivity index (χ0) is 29.2. The number of hydrazine groups is 1. The molecule has 0 saturated heterocycles. The third-order valence-electron chi connectivity index (χ3n) is 7.55. The van der Waals surface area contributed by atoms with Gasteiger partial charge >= 0.3 is 6.03 Å². The lowest BCUT2D eigenvalue weighted by atomic mass is 9.76. The molecular formula is C32H45N5O2. The van der Waals surface area contributed by atoms with Gasteiger partial charge in [-0.15, -0.1) is 0 Å². The Balaban J connectivity index is 1.95. The van der Waals surface area contributed by atoms with Gasteiger partial charge in [0.05, 0.1) is 23.4 Å². The number of anilines is 1. The first-order chi connectivity index (χ1) is 18.4. The zero-order valence-corrected chi connectivity index (χ0v) is 24.9. The Kier molecular flexibility index (Phi) is 11.2. The lowest BCUT2D eigenvalue weighted by Crippen LogP contribution is -2.40. The maximum atomic E-state index is 12.4. The Morgan fingerprint density at radius 2 is 1.62 bits per heavy atom. The van der Waals surface area contributed by atoms with Gasteiger partial charge in [-0.05, 0) is 71.8 Å². The van der Waals surface area contributed by atoms with Crippen molar-refractivity contribution in [3.8, 4) is 17.9 Å². The van der Waals surface area contributed by atoms with E-state index in [1.165, 1.54) is 11.1 Å². The Morgan fingerprint density at radius 3 is 2.21 bits per heavy atom. The van der Waals surface area contributed by atoms with Crippen molar-refractivity contribution in [2.75, 3.05) is 18.6 Å². The normalized spacial score (nSPS) is 11.5. The highest BCUT2D eigenvalue weighted by molar-refractivity contribution is 5.76. The van der Waals surface area contributed by atoms with Crippen molar-refractivity contribution >= 4 is 11.7 Å². The van der Waals surface area contributed by atoms with Crippen LogP contribution in [0.3, 0.4) is 0 Å². The number of nitriles is 2. The number of amides is 2. The Bertz CT molecular complexity index is 1220. The van der Waals surface area contributed by atoms with Crippen LogP contribution in [0.1, 0.15) is 102 Å². The second kappa shape index (κ2) is 13.9. The van der Waals surface area contributed by atoms with Gasteiger partial charge in [-0.1, -0.05) is 67.5 Å². The number of hydrogen-bond acceptors (Lipinski definition) is 5. The molecule has 0 radical (unpaired) electrons. The minimum absolute atomic E-state index is 0.00968. The zero-order valence-electron chi connectivity index (χ0n) is 24.9. The minimum atomic E-state index is -0.382. The van der Waals surface area contributed by atoms with Gasteiger partial charge in [0.2, 0.25) is 0 Å². The van der Waals surface area contributed by atoms with Gasteiger partial charge in [0.1, 0.15) is 17.9 Å². The van der Waals surface area contributed by atoms with Crippen LogP contribution in [-0.2, 0) is 17.3 Å². The summed E-state index contributed by atoms with van der Waals surface area (Å²) in [4.78, 5) is 12.4. The molecule has 0 atom stereocenters. The Labute approximate surface area is 234 Å². The number of carbonyl (C=O) groups excluding carboxylic acids is 1. The molecule has 0 bridgehead atoms. The van der Waals surface area contributed by atoms with Gasteiger partial charge in [0, 0.05) is 12.1 Å². The lowest BCUT2D eigenvalue weighted by Gasteiger charge is -2.30. The second-order valence-corrected chi connectivity index (χ2v) is 11.8. The van der Waals surface area contributed by atoms with Crippen molar-refractivity contribution in [3.05, 3.63) is 58.1 Å². The predicted octanol–water partition coefficient (Wildman–Crippen LogP) is 7.10. The monoisotopic (exact) mass is 531 g/mol. The molecule has 0 spiro atoms. The summed E-state index contributed by atoms with van der Waals surface area (Å²) in [6.07, 6.45) is 3.42. The molecule has 0 aliphatic carbocycles. The summed E-state index contributed by atoms with van der Waals surface area (Å²) in [5.74, 6) is 1.24. The van der Waals surface area contributed by atoms with Crippen LogP contribution in [0.5, 0.6) is 5.75 Å². The summed E-state index contributed by atoms with van der Waals surface area (Å²) in [5.41, 5.74) is 10.3. The van der Waals surface area contributed by atoms with E-state index in [1.807, 2.05) is 6.07 Å². The van der Waals surface area contributed by atoms with E-state index in [1.54, 1.807) is 12.1 Å². The van der Waals surface area contributed by atoms with Crippen LogP contribution in [-0.4, -0.2) is 19.2 Å². The lowest BCUT2D eigenvalue weighted by molar-refractivity contribution is 0.240. The Hall–Kier alpha value is -3.71. The fourth-order valence-electron chi connectivity index (χ4n) is 4.18. The van der Waals surface area contributed by atoms with Crippen molar-refractivity contribution in [3.63, 3.8) is 0 Å². The van der Waals surface area contributed by atoms with Gasteiger partial charge < -0.3 is 10.1 Å². The molecule has 0 aromatic heterocycles. The van der Waals surface area contributed by atoms with Crippen LogP contribution in [0.4, 0.5) is 10.5 Å². The second-order valence-electron chi connectivity index (χ2n) is 11.8. The van der Waals surface area contributed by atoms with Gasteiger partial charge in [-0.2, -0.15) is 10.5 Å². The van der Waals surface area contributed by atoms with Crippen LogP contribution in [0.15, 0.2) is 30.3 Å². The highest BCUT2D eigenvalue weighted by atomic mass is 16.5. The fraction of sp³-hybridized carbons (Fsp3) is 0.531. The molecule has 2 aromatic rings. The molecule has 210 valence electrons. The molecule has 0 heterocycles.